The molecule has 0 aromatic heterocycles. The van der Waals surface area contributed by atoms with Crippen molar-refractivity contribution in [1.29, 1.82) is 0 Å². The molecule has 1 N–H and O–H groups in total. The Labute approximate surface area is 104 Å². The molecule has 96 valence electrons. The average Bonchev–Trinajstić information content (AvgIpc) is 3.09. The highest BCUT2D eigenvalue weighted by Gasteiger charge is 2.32. The van der Waals surface area contributed by atoms with Crippen molar-refractivity contribution in [3.8, 4) is 0 Å². The number of carboxylic acid groups (broad SMARTS) is 1. The number of anilines is 1. The van der Waals surface area contributed by atoms with Crippen molar-refractivity contribution in [3.05, 3.63) is 33.9 Å². The number of hydrogen-bond acceptors (Lipinski definition) is 4. The fourth-order valence-corrected chi connectivity index (χ4v) is 2.06. The van der Waals surface area contributed by atoms with Gasteiger partial charge < -0.3 is 10.0 Å². The Kier molecular flexibility index (Phi) is 3.18. The maximum Gasteiger partial charge on any atom is 0.323 e. The van der Waals surface area contributed by atoms with Gasteiger partial charge in [0.15, 0.2) is 0 Å². The molecule has 18 heavy (non-hydrogen) atoms. The second kappa shape index (κ2) is 4.64. The van der Waals surface area contributed by atoms with Crippen LogP contribution in [-0.2, 0) is 4.79 Å². The zero-order valence-corrected chi connectivity index (χ0v) is 10.00. The Hall–Kier alpha value is -2.11. The van der Waals surface area contributed by atoms with Crippen LogP contribution in [0.4, 0.5) is 11.4 Å². The van der Waals surface area contributed by atoms with Crippen molar-refractivity contribution in [1.82, 2.24) is 0 Å². The minimum atomic E-state index is -0.923. The van der Waals surface area contributed by atoms with Crippen LogP contribution < -0.4 is 4.90 Å². The molecule has 0 amide bonds. The van der Waals surface area contributed by atoms with E-state index in [0.29, 0.717) is 11.3 Å². The summed E-state index contributed by atoms with van der Waals surface area (Å²) in [5.74, 6) is -0.923. The third-order valence-corrected chi connectivity index (χ3v) is 3.08. The molecular weight excluding hydrogens is 236 g/mol. The summed E-state index contributed by atoms with van der Waals surface area (Å²) in [7, 11) is 0. The Morgan fingerprint density at radius 2 is 2.22 bits per heavy atom. The summed E-state index contributed by atoms with van der Waals surface area (Å²) in [6, 6.07) is 4.97. The van der Waals surface area contributed by atoms with Gasteiger partial charge in [-0.15, -0.1) is 0 Å². The first kappa shape index (κ1) is 12.3. The van der Waals surface area contributed by atoms with Gasteiger partial charge in [-0.2, -0.15) is 0 Å². The van der Waals surface area contributed by atoms with Crippen molar-refractivity contribution in [2.75, 3.05) is 11.4 Å². The molecule has 2 rings (SSSR count). The third kappa shape index (κ3) is 2.42. The van der Waals surface area contributed by atoms with Gasteiger partial charge >= 0.3 is 5.97 Å². The highest BCUT2D eigenvalue weighted by atomic mass is 16.6. The van der Waals surface area contributed by atoms with Gasteiger partial charge in [0.2, 0.25) is 0 Å². The maximum atomic E-state index is 10.9. The topological polar surface area (TPSA) is 83.7 Å². The molecule has 1 aromatic carbocycles. The lowest BCUT2D eigenvalue weighted by atomic mass is 10.1. The molecule has 0 radical (unpaired) electrons. The molecule has 0 atom stereocenters. The van der Waals surface area contributed by atoms with Gasteiger partial charge in [0.25, 0.3) is 5.69 Å². The van der Waals surface area contributed by atoms with Gasteiger partial charge in [-0.05, 0) is 25.8 Å². The molecule has 0 unspecified atom stereocenters. The summed E-state index contributed by atoms with van der Waals surface area (Å²) in [5, 5.41) is 19.8. The molecule has 6 nitrogen and oxygen atoms in total. The largest absolute Gasteiger partial charge is 0.480 e. The maximum absolute atomic E-state index is 10.9. The Bertz CT molecular complexity index is 497. The van der Waals surface area contributed by atoms with Gasteiger partial charge in [0.05, 0.1) is 10.5 Å². The van der Waals surface area contributed by atoms with Crippen LogP contribution in [0.2, 0.25) is 0 Å². The van der Waals surface area contributed by atoms with Gasteiger partial charge in [-0.25, -0.2) is 0 Å². The van der Waals surface area contributed by atoms with Crippen molar-refractivity contribution in [3.63, 3.8) is 0 Å². The molecule has 1 saturated carbocycles. The second-order valence-electron chi connectivity index (χ2n) is 4.43. The second-order valence-corrected chi connectivity index (χ2v) is 4.43. The summed E-state index contributed by atoms with van der Waals surface area (Å²) >= 11 is 0. The number of aliphatic carboxylic acids is 1. The highest BCUT2D eigenvalue weighted by Crippen LogP contribution is 2.35. The van der Waals surface area contributed by atoms with Crippen LogP contribution in [0.15, 0.2) is 18.2 Å². The number of benzene rings is 1. The van der Waals surface area contributed by atoms with Crippen LogP contribution in [0.3, 0.4) is 0 Å². The van der Waals surface area contributed by atoms with Crippen molar-refractivity contribution in [2.24, 2.45) is 0 Å². The molecular formula is C12H14N2O4. The van der Waals surface area contributed by atoms with E-state index in [1.807, 2.05) is 0 Å². The molecule has 1 fully saturated rings. The van der Waals surface area contributed by atoms with Crippen molar-refractivity contribution < 1.29 is 14.8 Å². The molecule has 1 aromatic rings. The van der Waals surface area contributed by atoms with Crippen LogP contribution >= 0.6 is 0 Å². The van der Waals surface area contributed by atoms with Gasteiger partial charge in [-0.3, -0.25) is 14.9 Å². The van der Waals surface area contributed by atoms with E-state index < -0.39 is 10.9 Å². The predicted molar refractivity (Wildman–Crippen MR) is 65.8 cm³/mol. The van der Waals surface area contributed by atoms with E-state index in [1.54, 1.807) is 24.0 Å². The van der Waals surface area contributed by atoms with E-state index in [9.17, 15) is 14.9 Å². The fourth-order valence-electron chi connectivity index (χ4n) is 2.06. The van der Waals surface area contributed by atoms with Crippen LogP contribution in [0.5, 0.6) is 0 Å². The number of rotatable bonds is 5. The third-order valence-electron chi connectivity index (χ3n) is 3.08. The zero-order valence-electron chi connectivity index (χ0n) is 10.00. The first-order chi connectivity index (χ1) is 8.50. The number of nitrogens with zero attached hydrogens (tertiary/aromatic N) is 2. The minimum Gasteiger partial charge on any atom is -0.480 e. The summed E-state index contributed by atoms with van der Waals surface area (Å²) in [6.07, 6.45) is 1.88. The number of nitro benzene ring substituents is 1. The Morgan fingerprint density at radius 1 is 1.56 bits per heavy atom. The predicted octanol–water partition coefficient (Wildman–Crippen LogP) is 1.96. The summed E-state index contributed by atoms with van der Waals surface area (Å²) < 4.78 is 0. The first-order valence-corrected chi connectivity index (χ1v) is 5.73. The van der Waals surface area contributed by atoms with Gasteiger partial charge in [-0.1, -0.05) is 6.07 Å². The molecule has 0 saturated heterocycles. The zero-order chi connectivity index (χ0) is 13.3. The highest BCUT2D eigenvalue weighted by molar-refractivity contribution is 5.76. The van der Waals surface area contributed by atoms with Crippen LogP contribution in [0.1, 0.15) is 18.4 Å². The molecule has 0 bridgehead atoms. The lowest BCUT2D eigenvalue weighted by molar-refractivity contribution is -0.385. The van der Waals surface area contributed by atoms with E-state index in [1.165, 1.54) is 6.07 Å². The summed E-state index contributed by atoms with van der Waals surface area (Å²) in [5.41, 5.74) is 1.20. The smallest absolute Gasteiger partial charge is 0.323 e. The van der Waals surface area contributed by atoms with Crippen LogP contribution in [0.25, 0.3) is 0 Å². The molecule has 6 heteroatoms. The number of carbonyl (C=O) groups is 1. The number of nitro groups is 1. The first-order valence-electron chi connectivity index (χ1n) is 5.73. The fraction of sp³-hybridized carbons (Fsp3) is 0.417. The number of hydrogen-bond donors (Lipinski definition) is 1. The van der Waals surface area contributed by atoms with Gasteiger partial charge in [0, 0.05) is 17.8 Å². The van der Waals surface area contributed by atoms with E-state index in [4.69, 9.17) is 5.11 Å². The van der Waals surface area contributed by atoms with E-state index in [-0.39, 0.29) is 18.3 Å². The molecule has 0 spiro atoms. The summed E-state index contributed by atoms with van der Waals surface area (Å²) in [6.45, 7) is 1.54. The van der Waals surface area contributed by atoms with Gasteiger partial charge in [0.1, 0.15) is 6.54 Å². The molecule has 1 aliphatic carbocycles. The normalized spacial score (nSPS) is 14.3. The van der Waals surface area contributed by atoms with E-state index in [0.717, 1.165) is 12.8 Å². The van der Waals surface area contributed by atoms with Crippen LogP contribution in [-0.4, -0.2) is 28.6 Å². The summed E-state index contributed by atoms with van der Waals surface area (Å²) in [4.78, 5) is 23.0. The minimum absolute atomic E-state index is 0.0311. The van der Waals surface area contributed by atoms with E-state index >= 15 is 0 Å². The van der Waals surface area contributed by atoms with E-state index in [2.05, 4.69) is 0 Å². The Morgan fingerprint density at radius 3 is 2.72 bits per heavy atom. The number of carboxylic acids is 1. The molecule has 0 aliphatic heterocycles. The monoisotopic (exact) mass is 250 g/mol. The standard InChI is InChI=1S/C12H14N2O4/c1-8-10(3-2-4-11(8)14(17)18)13(7-12(15)16)9-5-6-9/h2-4,9H,5-7H2,1H3,(H,15,16). The van der Waals surface area contributed by atoms with Crippen molar-refractivity contribution in [2.45, 2.75) is 25.8 Å². The average molecular weight is 250 g/mol. The SMILES string of the molecule is Cc1c(N(CC(=O)O)C2CC2)cccc1[N+](=O)[O-]. The Balaban J connectivity index is 2.38. The van der Waals surface area contributed by atoms with Crippen molar-refractivity contribution >= 4 is 17.3 Å². The molecule has 1 aliphatic rings. The molecule has 0 heterocycles. The van der Waals surface area contributed by atoms with Crippen LogP contribution in [0, 0.1) is 17.0 Å². The quantitative estimate of drug-likeness (QED) is 0.637. The lowest BCUT2D eigenvalue weighted by Gasteiger charge is -2.24. The lowest BCUT2D eigenvalue weighted by Crippen LogP contribution is -2.32.